The molecule has 0 unspecified atom stereocenters. The molecule has 3 rings (SSSR count). The number of aromatic nitrogens is 1. The van der Waals surface area contributed by atoms with Crippen molar-refractivity contribution in [1.29, 1.82) is 0 Å². The number of methoxy groups -OCH3 is 1. The molecule has 0 amide bonds. The van der Waals surface area contributed by atoms with Crippen LogP contribution < -0.4 is 4.74 Å². The van der Waals surface area contributed by atoms with Crippen LogP contribution in [0.5, 0.6) is 5.75 Å². The minimum Gasteiger partial charge on any atom is -0.497 e. The highest BCUT2D eigenvalue weighted by Gasteiger charge is 2.24. The molecule has 0 saturated carbocycles. The lowest BCUT2D eigenvalue weighted by Gasteiger charge is -2.18. The topological polar surface area (TPSA) is 59.5 Å². The van der Waals surface area contributed by atoms with Crippen LogP contribution in [0.3, 0.4) is 0 Å². The summed E-state index contributed by atoms with van der Waals surface area (Å²) in [5, 5.41) is 0.816. The summed E-state index contributed by atoms with van der Waals surface area (Å²) in [6.45, 7) is 2.18. The second-order valence-electron chi connectivity index (χ2n) is 5.95. The number of benzene rings is 2. The highest BCUT2D eigenvalue weighted by atomic mass is 32.2. The number of sulfonamides is 1. The summed E-state index contributed by atoms with van der Waals surface area (Å²) in [5.41, 5.74) is 2.34. The van der Waals surface area contributed by atoms with Crippen molar-refractivity contribution in [3.05, 3.63) is 65.9 Å². The predicted octanol–water partition coefficient (Wildman–Crippen LogP) is 3.37. The molecular weight excluding hydrogens is 336 g/mol. The summed E-state index contributed by atoms with van der Waals surface area (Å²) in [4.78, 5) is 4.56. The van der Waals surface area contributed by atoms with Crippen LogP contribution in [0.15, 0.2) is 59.6 Å². The second kappa shape index (κ2) is 6.82. The quantitative estimate of drug-likeness (QED) is 0.703. The first-order valence-electron chi connectivity index (χ1n) is 7.86. The number of ether oxygens (including phenoxy) is 1. The zero-order chi connectivity index (χ0) is 18.0. The van der Waals surface area contributed by atoms with Crippen LogP contribution in [0.25, 0.3) is 10.9 Å². The Balaban J connectivity index is 1.98. The maximum Gasteiger partial charge on any atom is 0.245 e. The molecule has 0 aliphatic heterocycles. The summed E-state index contributed by atoms with van der Waals surface area (Å²) < 4.78 is 32.6. The molecule has 5 nitrogen and oxygen atoms in total. The van der Waals surface area contributed by atoms with Gasteiger partial charge in [-0.15, -0.1) is 0 Å². The molecule has 1 aromatic heterocycles. The second-order valence-corrected chi connectivity index (χ2v) is 7.97. The fraction of sp³-hybridized carbons (Fsp3) is 0.211. The van der Waals surface area contributed by atoms with Crippen molar-refractivity contribution < 1.29 is 13.2 Å². The highest BCUT2D eigenvalue weighted by Crippen LogP contribution is 2.25. The average Bonchev–Trinajstić information content (AvgIpc) is 2.61. The summed E-state index contributed by atoms with van der Waals surface area (Å²) in [5.74, 6) is 0.700. The van der Waals surface area contributed by atoms with Crippen molar-refractivity contribution >= 4 is 20.9 Å². The van der Waals surface area contributed by atoms with Gasteiger partial charge in [-0.25, -0.2) is 8.42 Å². The van der Waals surface area contributed by atoms with E-state index in [1.54, 1.807) is 32.5 Å². The van der Waals surface area contributed by atoms with Crippen LogP contribution in [0.2, 0.25) is 0 Å². The van der Waals surface area contributed by atoms with E-state index in [0.717, 1.165) is 16.5 Å². The van der Waals surface area contributed by atoms with E-state index in [1.807, 2.05) is 43.3 Å². The molecule has 2 aromatic carbocycles. The minimum atomic E-state index is -3.67. The van der Waals surface area contributed by atoms with E-state index in [4.69, 9.17) is 4.74 Å². The normalized spacial score (nSPS) is 11.8. The first-order valence-corrected chi connectivity index (χ1v) is 9.30. The Morgan fingerprint density at radius 2 is 1.88 bits per heavy atom. The van der Waals surface area contributed by atoms with E-state index in [1.165, 1.54) is 4.31 Å². The molecule has 0 radical (unpaired) electrons. The zero-order valence-corrected chi connectivity index (χ0v) is 15.2. The summed E-state index contributed by atoms with van der Waals surface area (Å²) >= 11 is 0. The van der Waals surface area contributed by atoms with Gasteiger partial charge in [0.1, 0.15) is 10.6 Å². The number of para-hydroxylation sites is 1. The van der Waals surface area contributed by atoms with E-state index in [2.05, 4.69) is 4.98 Å². The van der Waals surface area contributed by atoms with Crippen LogP contribution in [-0.2, 0) is 16.6 Å². The van der Waals surface area contributed by atoms with Gasteiger partial charge in [0.2, 0.25) is 10.0 Å². The van der Waals surface area contributed by atoms with E-state index < -0.39 is 10.0 Å². The molecule has 3 aromatic rings. The van der Waals surface area contributed by atoms with Gasteiger partial charge in [0.25, 0.3) is 0 Å². The molecule has 0 fully saturated rings. The van der Waals surface area contributed by atoms with E-state index in [9.17, 15) is 8.42 Å². The molecule has 130 valence electrons. The van der Waals surface area contributed by atoms with Gasteiger partial charge in [-0.1, -0.05) is 24.3 Å². The molecule has 25 heavy (non-hydrogen) atoms. The summed E-state index contributed by atoms with van der Waals surface area (Å²) in [6, 6.07) is 14.5. The van der Waals surface area contributed by atoms with Gasteiger partial charge >= 0.3 is 0 Å². The van der Waals surface area contributed by atoms with Gasteiger partial charge in [0.05, 0.1) is 12.6 Å². The number of pyridine rings is 1. The Labute approximate surface area is 147 Å². The summed E-state index contributed by atoms with van der Waals surface area (Å²) in [6.07, 6.45) is 1.68. The number of nitrogens with zero attached hydrogens (tertiary/aromatic N) is 2. The van der Waals surface area contributed by atoms with Crippen LogP contribution in [0, 0.1) is 6.92 Å². The predicted molar refractivity (Wildman–Crippen MR) is 98.1 cm³/mol. The monoisotopic (exact) mass is 356 g/mol. The van der Waals surface area contributed by atoms with Gasteiger partial charge in [-0.2, -0.15) is 4.31 Å². The molecule has 1 heterocycles. The Hall–Kier alpha value is -2.44. The van der Waals surface area contributed by atoms with Crippen molar-refractivity contribution in [2.75, 3.05) is 14.2 Å². The SMILES string of the molecule is COc1cccc(CN(C)S(=O)(=O)c2cccc3cc(C)cnc23)c1. The van der Waals surface area contributed by atoms with Crippen molar-refractivity contribution in [2.45, 2.75) is 18.4 Å². The number of rotatable bonds is 5. The largest absolute Gasteiger partial charge is 0.497 e. The summed E-state index contributed by atoms with van der Waals surface area (Å²) in [7, 11) is -0.508. The molecule has 0 spiro atoms. The molecule has 0 atom stereocenters. The first kappa shape index (κ1) is 17.4. The molecule has 0 bridgehead atoms. The first-order chi connectivity index (χ1) is 11.9. The standard InChI is InChI=1S/C19H20N2O3S/c1-14-10-16-7-5-9-18(19(16)20-12-14)25(22,23)21(2)13-15-6-4-8-17(11-15)24-3/h4-12H,13H2,1-3H3. The number of aryl methyl sites for hydroxylation is 1. The van der Waals surface area contributed by atoms with Crippen molar-refractivity contribution in [3.8, 4) is 5.75 Å². The minimum absolute atomic E-state index is 0.218. The lowest BCUT2D eigenvalue weighted by atomic mass is 10.2. The zero-order valence-electron chi connectivity index (χ0n) is 14.4. The Morgan fingerprint density at radius 1 is 1.12 bits per heavy atom. The Bertz CT molecular complexity index is 1020. The van der Waals surface area contributed by atoms with Crippen molar-refractivity contribution in [2.24, 2.45) is 0 Å². The third kappa shape index (κ3) is 3.50. The van der Waals surface area contributed by atoms with Crippen molar-refractivity contribution in [3.63, 3.8) is 0 Å². The van der Waals surface area contributed by atoms with Gasteiger partial charge in [0.15, 0.2) is 0 Å². The highest BCUT2D eigenvalue weighted by molar-refractivity contribution is 7.89. The molecular formula is C19H20N2O3S. The fourth-order valence-electron chi connectivity index (χ4n) is 2.73. The van der Waals surface area contributed by atoms with E-state index in [-0.39, 0.29) is 11.4 Å². The average molecular weight is 356 g/mol. The van der Waals surface area contributed by atoms with Gasteiger partial charge < -0.3 is 4.74 Å². The maximum atomic E-state index is 13.0. The lowest BCUT2D eigenvalue weighted by molar-refractivity contribution is 0.412. The van der Waals surface area contributed by atoms with E-state index in [0.29, 0.717) is 11.3 Å². The Morgan fingerprint density at radius 3 is 2.64 bits per heavy atom. The number of hydrogen-bond acceptors (Lipinski definition) is 4. The van der Waals surface area contributed by atoms with Crippen LogP contribution in [-0.4, -0.2) is 31.9 Å². The third-order valence-electron chi connectivity index (χ3n) is 4.04. The Kier molecular flexibility index (Phi) is 4.74. The molecule has 0 aliphatic carbocycles. The molecule has 0 N–H and O–H groups in total. The molecule has 0 aliphatic rings. The van der Waals surface area contributed by atoms with Crippen LogP contribution >= 0.6 is 0 Å². The fourth-order valence-corrected chi connectivity index (χ4v) is 4.05. The van der Waals surface area contributed by atoms with Crippen LogP contribution in [0.1, 0.15) is 11.1 Å². The van der Waals surface area contributed by atoms with Gasteiger partial charge in [-0.05, 0) is 42.3 Å². The molecule has 0 saturated heterocycles. The number of fused-ring (bicyclic) bond motifs is 1. The molecule has 6 heteroatoms. The van der Waals surface area contributed by atoms with Gasteiger partial charge in [0, 0.05) is 25.2 Å². The third-order valence-corrected chi connectivity index (χ3v) is 5.87. The maximum absolute atomic E-state index is 13.0. The number of hydrogen-bond donors (Lipinski definition) is 0. The van der Waals surface area contributed by atoms with Gasteiger partial charge in [-0.3, -0.25) is 4.98 Å². The van der Waals surface area contributed by atoms with Crippen LogP contribution in [0.4, 0.5) is 0 Å². The smallest absolute Gasteiger partial charge is 0.245 e. The lowest BCUT2D eigenvalue weighted by Crippen LogP contribution is -2.26. The van der Waals surface area contributed by atoms with E-state index >= 15 is 0 Å². The van der Waals surface area contributed by atoms with Crippen molar-refractivity contribution in [1.82, 2.24) is 9.29 Å².